The van der Waals surface area contributed by atoms with E-state index in [4.69, 9.17) is 5.73 Å². The van der Waals surface area contributed by atoms with Crippen molar-refractivity contribution in [2.45, 2.75) is 0 Å². The Morgan fingerprint density at radius 2 is 1.82 bits per heavy atom. The Bertz CT molecular complexity index is 412. The van der Waals surface area contributed by atoms with Gasteiger partial charge in [0.05, 0.1) is 29.9 Å². The molecule has 1 aromatic rings. The number of aromatic carboxylic acids is 1. The van der Waals surface area contributed by atoms with Gasteiger partial charge in [0.15, 0.2) is 0 Å². The minimum Gasteiger partial charge on any atom is -0.548 e. The topological polar surface area (TPSA) is 118 Å². The van der Waals surface area contributed by atoms with Gasteiger partial charge in [-0.2, -0.15) is 0 Å². The van der Waals surface area contributed by atoms with Crippen LogP contribution >= 0.6 is 0 Å². The number of aliphatic carboxylic acids is 1. The maximum absolute atomic E-state index is 10.5. The minimum atomic E-state index is -1.36. The first kappa shape index (κ1) is 18.3. The fraction of sp³-hybridized carbons (Fsp3) is 0.111. The molecule has 0 saturated heterocycles. The van der Waals surface area contributed by atoms with Gasteiger partial charge in [-0.05, 0) is 17.7 Å². The van der Waals surface area contributed by atoms with Crippen molar-refractivity contribution in [3.63, 3.8) is 0 Å². The van der Waals surface area contributed by atoms with Gasteiger partial charge < -0.3 is 30.9 Å². The van der Waals surface area contributed by atoms with Gasteiger partial charge in [0.2, 0.25) is 0 Å². The quantitative estimate of drug-likeness (QED) is 0.385. The number of rotatable bonds is 4. The number of hydrogen-bond acceptors (Lipinski definition) is 6. The largest absolute Gasteiger partial charge is 1.00 e. The molecule has 0 radical (unpaired) electrons. The number of nitrogens with two attached hydrogens (primary N) is 1. The molecule has 0 saturated carbocycles. The first-order valence-electron chi connectivity index (χ1n) is 4.05. The molecule has 0 aliphatic carbocycles. The van der Waals surface area contributed by atoms with Crippen LogP contribution in [0.4, 0.5) is 11.4 Å². The van der Waals surface area contributed by atoms with Crippen LogP contribution in [0, 0.1) is 0 Å². The number of nitrogens with one attached hydrogen (secondary N) is 1. The SMILES string of the molecule is Nc1ccc(C(=O)[O-])cc1NCC(=O)[O-].[Li+].[Li+]. The number of carboxylic acid groups (broad SMARTS) is 2. The molecule has 0 spiro atoms. The van der Waals surface area contributed by atoms with Crippen molar-refractivity contribution in [1.82, 2.24) is 0 Å². The molecule has 3 N–H and O–H groups in total. The molecule has 1 rings (SSSR count). The molecule has 17 heavy (non-hydrogen) atoms. The van der Waals surface area contributed by atoms with Crippen LogP contribution in [-0.4, -0.2) is 18.5 Å². The fourth-order valence-corrected chi connectivity index (χ4v) is 1.00. The van der Waals surface area contributed by atoms with E-state index in [0.717, 1.165) is 0 Å². The van der Waals surface area contributed by atoms with Crippen molar-refractivity contribution in [3.05, 3.63) is 23.8 Å². The van der Waals surface area contributed by atoms with E-state index in [2.05, 4.69) is 5.32 Å². The van der Waals surface area contributed by atoms with Gasteiger partial charge in [0.1, 0.15) is 0 Å². The molecular weight excluding hydrogens is 214 g/mol. The molecule has 0 aliphatic heterocycles. The van der Waals surface area contributed by atoms with Gasteiger partial charge in [0, 0.05) is 0 Å². The number of hydrogen-bond donors (Lipinski definition) is 2. The summed E-state index contributed by atoms with van der Waals surface area (Å²) in [5.74, 6) is -2.67. The number of carbonyl (C=O) groups excluding carboxylic acids is 2. The van der Waals surface area contributed by atoms with Crippen LogP contribution in [0.2, 0.25) is 0 Å². The van der Waals surface area contributed by atoms with E-state index in [1.165, 1.54) is 18.2 Å². The third-order valence-electron chi connectivity index (χ3n) is 1.71. The Labute approximate surface area is 122 Å². The van der Waals surface area contributed by atoms with Gasteiger partial charge in [-0.3, -0.25) is 0 Å². The number of carbonyl (C=O) groups is 2. The smallest absolute Gasteiger partial charge is 0.548 e. The summed E-state index contributed by atoms with van der Waals surface area (Å²) >= 11 is 0. The first-order valence-corrected chi connectivity index (χ1v) is 4.05. The van der Waals surface area contributed by atoms with Crippen LogP contribution in [0.3, 0.4) is 0 Å². The Hall–Kier alpha value is -1.05. The molecule has 0 atom stereocenters. The molecule has 0 aliphatic rings. The molecule has 0 amide bonds. The monoisotopic (exact) mass is 222 g/mol. The first-order chi connectivity index (χ1) is 7.00. The van der Waals surface area contributed by atoms with Crippen molar-refractivity contribution < 1.29 is 57.5 Å². The molecule has 0 heterocycles. The van der Waals surface area contributed by atoms with E-state index in [0.29, 0.717) is 0 Å². The Balaban J connectivity index is 0. The molecule has 0 bridgehead atoms. The van der Waals surface area contributed by atoms with Crippen molar-refractivity contribution in [2.75, 3.05) is 17.6 Å². The van der Waals surface area contributed by atoms with Gasteiger partial charge in [-0.25, -0.2) is 0 Å². The average molecular weight is 222 g/mol. The van der Waals surface area contributed by atoms with Gasteiger partial charge in [-0.15, -0.1) is 0 Å². The van der Waals surface area contributed by atoms with Crippen LogP contribution in [0.1, 0.15) is 10.4 Å². The molecular formula is C9H8Li2N2O4. The van der Waals surface area contributed by atoms with Crippen LogP contribution in [-0.2, 0) is 4.79 Å². The predicted octanol–water partition coefficient (Wildman–Crippen LogP) is -8.20. The fourth-order valence-electron chi connectivity index (χ4n) is 1.00. The van der Waals surface area contributed by atoms with E-state index in [9.17, 15) is 19.8 Å². The Kier molecular flexibility index (Phi) is 8.74. The van der Waals surface area contributed by atoms with E-state index in [1.54, 1.807) is 0 Å². The second-order valence-electron chi connectivity index (χ2n) is 2.82. The summed E-state index contributed by atoms with van der Waals surface area (Å²) in [7, 11) is 0. The molecule has 1 aromatic carbocycles. The summed E-state index contributed by atoms with van der Waals surface area (Å²) < 4.78 is 0. The number of carboxylic acids is 2. The van der Waals surface area contributed by atoms with Gasteiger partial charge in [0.25, 0.3) is 0 Å². The zero-order chi connectivity index (χ0) is 11.4. The Morgan fingerprint density at radius 3 is 2.29 bits per heavy atom. The van der Waals surface area contributed by atoms with Crippen LogP contribution in [0.25, 0.3) is 0 Å². The maximum Gasteiger partial charge on any atom is 1.00 e. The molecule has 0 aromatic heterocycles. The number of benzene rings is 1. The zero-order valence-corrected chi connectivity index (χ0v) is 9.65. The number of nitrogen functional groups attached to an aromatic ring is 1. The summed E-state index contributed by atoms with van der Waals surface area (Å²) in [4.78, 5) is 20.7. The molecule has 80 valence electrons. The minimum absolute atomic E-state index is 0. The molecule has 8 heteroatoms. The maximum atomic E-state index is 10.5. The van der Waals surface area contributed by atoms with E-state index in [-0.39, 0.29) is 54.7 Å². The third kappa shape index (κ3) is 5.72. The summed E-state index contributed by atoms with van der Waals surface area (Å²) in [6.07, 6.45) is 0. The average Bonchev–Trinajstić information content (AvgIpc) is 2.16. The van der Waals surface area contributed by atoms with Crippen LogP contribution in [0.15, 0.2) is 18.2 Å². The predicted molar refractivity (Wildman–Crippen MR) is 48.7 cm³/mol. The van der Waals surface area contributed by atoms with E-state index >= 15 is 0 Å². The van der Waals surface area contributed by atoms with Gasteiger partial charge >= 0.3 is 37.7 Å². The van der Waals surface area contributed by atoms with Crippen molar-refractivity contribution in [3.8, 4) is 0 Å². The summed E-state index contributed by atoms with van der Waals surface area (Å²) in [5, 5.41) is 23.1. The second-order valence-corrected chi connectivity index (χ2v) is 2.82. The summed E-state index contributed by atoms with van der Waals surface area (Å²) in [6, 6.07) is 3.82. The Morgan fingerprint density at radius 1 is 1.24 bits per heavy atom. The number of anilines is 2. The zero-order valence-electron chi connectivity index (χ0n) is 9.65. The normalized spacial score (nSPS) is 8.47. The molecule has 0 fully saturated rings. The van der Waals surface area contributed by atoms with Crippen LogP contribution < -0.4 is 59.0 Å². The molecule has 0 unspecified atom stereocenters. The summed E-state index contributed by atoms with van der Waals surface area (Å²) in [6.45, 7) is -0.444. The van der Waals surface area contributed by atoms with Gasteiger partial charge in [-0.1, -0.05) is 6.07 Å². The standard InChI is InChI=1S/C9H10N2O4.2Li/c10-6-2-1-5(9(14)15)3-7(6)11-4-8(12)13;;/h1-3,11H,4,10H2,(H,12,13)(H,14,15);;/q;2*+1/p-2. The summed E-state index contributed by atoms with van der Waals surface area (Å²) in [5.41, 5.74) is 5.88. The second kappa shape index (κ2) is 8.11. The van der Waals surface area contributed by atoms with Crippen molar-refractivity contribution in [1.29, 1.82) is 0 Å². The third-order valence-corrected chi connectivity index (χ3v) is 1.71. The van der Waals surface area contributed by atoms with Crippen molar-refractivity contribution in [2.24, 2.45) is 0 Å². The van der Waals surface area contributed by atoms with E-state index in [1.807, 2.05) is 0 Å². The van der Waals surface area contributed by atoms with E-state index < -0.39 is 18.5 Å². The molecule has 6 nitrogen and oxygen atoms in total. The van der Waals surface area contributed by atoms with Crippen molar-refractivity contribution >= 4 is 23.3 Å². The van der Waals surface area contributed by atoms with Crippen LogP contribution in [0.5, 0.6) is 0 Å².